The highest BCUT2D eigenvalue weighted by atomic mass is 19.1. The molecule has 18 heavy (non-hydrogen) atoms. The van der Waals surface area contributed by atoms with Crippen LogP contribution in [0.5, 0.6) is 0 Å². The van der Waals surface area contributed by atoms with Crippen molar-refractivity contribution < 1.29 is 9.50 Å². The van der Waals surface area contributed by atoms with E-state index in [1.54, 1.807) is 6.07 Å². The van der Waals surface area contributed by atoms with Gasteiger partial charge in [-0.3, -0.25) is 0 Å². The van der Waals surface area contributed by atoms with Crippen molar-refractivity contribution in [1.82, 2.24) is 4.90 Å². The van der Waals surface area contributed by atoms with Crippen LogP contribution >= 0.6 is 0 Å². The zero-order valence-electron chi connectivity index (χ0n) is 11.2. The van der Waals surface area contributed by atoms with Crippen molar-refractivity contribution >= 4 is 0 Å². The summed E-state index contributed by atoms with van der Waals surface area (Å²) in [4.78, 5) is 2.18. The molecule has 3 heteroatoms. The van der Waals surface area contributed by atoms with Crippen molar-refractivity contribution in [2.45, 2.75) is 20.4 Å². The monoisotopic (exact) mass is 249 g/mol. The lowest BCUT2D eigenvalue weighted by molar-refractivity contribution is 0.288. The standard InChI is InChI=1S/C15H20FNO/c1-12(2)10-17(3)11-14-6-7-15(16)9-13(14)5-4-8-18/h6-7,9,12,18H,8,10-11H2,1-3H3. The van der Waals surface area contributed by atoms with Gasteiger partial charge in [0.15, 0.2) is 0 Å². The van der Waals surface area contributed by atoms with Gasteiger partial charge in [0.2, 0.25) is 0 Å². The molecule has 0 saturated carbocycles. The molecule has 1 rings (SSSR count). The molecule has 0 radical (unpaired) electrons. The van der Waals surface area contributed by atoms with Gasteiger partial charge in [0.25, 0.3) is 0 Å². The van der Waals surface area contributed by atoms with Crippen LogP contribution in [0.4, 0.5) is 4.39 Å². The molecule has 0 amide bonds. The first-order valence-corrected chi connectivity index (χ1v) is 6.09. The van der Waals surface area contributed by atoms with Crippen LogP contribution in [0.15, 0.2) is 18.2 Å². The Kier molecular flexibility index (Phi) is 5.84. The lowest BCUT2D eigenvalue weighted by Crippen LogP contribution is -2.23. The average molecular weight is 249 g/mol. The van der Waals surface area contributed by atoms with E-state index in [2.05, 4.69) is 30.6 Å². The SMILES string of the molecule is CC(C)CN(C)Cc1ccc(F)cc1C#CCO. The van der Waals surface area contributed by atoms with E-state index in [0.717, 1.165) is 18.7 Å². The Morgan fingerprint density at radius 2 is 2.11 bits per heavy atom. The summed E-state index contributed by atoms with van der Waals surface area (Å²) in [6.45, 7) is 5.82. The zero-order valence-corrected chi connectivity index (χ0v) is 11.2. The number of hydrogen-bond acceptors (Lipinski definition) is 2. The van der Waals surface area contributed by atoms with Gasteiger partial charge >= 0.3 is 0 Å². The molecule has 0 aliphatic rings. The third-order valence-corrected chi connectivity index (χ3v) is 2.49. The van der Waals surface area contributed by atoms with Crippen LogP contribution in [0.2, 0.25) is 0 Å². The first-order chi connectivity index (χ1) is 8.52. The summed E-state index contributed by atoms with van der Waals surface area (Å²) in [6, 6.07) is 4.62. The molecule has 0 aliphatic heterocycles. The maximum absolute atomic E-state index is 13.2. The molecule has 0 aliphatic carbocycles. The second-order valence-electron chi connectivity index (χ2n) is 4.85. The van der Waals surface area contributed by atoms with Gasteiger partial charge in [-0.15, -0.1) is 0 Å². The van der Waals surface area contributed by atoms with E-state index in [1.165, 1.54) is 12.1 Å². The lowest BCUT2D eigenvalue weighted by atomic mass is 10.1. The van der Waals surface area contributed by atoms with Crippen LogP contribution < -0.4 is 0 Å². The van der Waals surface area contributed by atoms with Crippen LogP contribution in [0.3, 0.4) is 0 Å². The molecule has 0 saturated heterocycles. The fourth-order valence-corrected chi connectivity index (χ4v) is 1.92. The van der Waals surface area contributed by atoms with E-state index in [1.807, 2.05) is 7.05 Å². The fraction of sp³-hybridized carbons (Fsp3) is 0.467. The summed E-state index contributed by atoms with van der Waals surface area (Å²) in [5.41, 5.74) is 1.64. The second kappa shape index (κ2) is 7.15. The van der Waals surface area contributed by atoms with Crippen LogP contribution in [0.25, 0.3) is 0 Å². The van der Waals surface area contributed by atoms with Crippen molar-refractivity contribution in [3.63, 3.8) is 0 Å². The predicted molar refractivity (Wildman–Crippen MR) is 71.5 cm³/mol. The number of nitrogens with zero attached hydrogens (tertiary/aromatic N) is 1. The first-order valence-electron chi connectivity index (χ1n) is 6.09. The Hall–Kier alpha value is -1.37. The highest BCUT2D eigenvalue weighted by Crippen LogP contribution is 2.13. The molecule has 0 fully saturated rings. The van der Waals surface area contributed by atoms with Crippen molar-refractivity contribution in [1.29, 1.82) is 0 Å². The molecular weight excluding hydrogens is 229 g/mol. The molecule has 0 bridgehead atoms. The summed E-state index contributed by atoms with van der Waals surface area (Å²) >= 11 is 0. The number of aliphatic hydroxyl groups is 1. The van der Waals surface area contributed by atoms with Gasteiger partial charge in [0.05, 0.1) is 0 Å². The molecule has 0 heterocycles. The van der Waals surface area contributed by atoms with E-state index in [9.17, 15) is 4.39 Å². The minimum Gasteiger partial charge on any atom is -0.384 e. The molecule has 0 aromatic heterocycles. The fourth-order valence-electron chi connectivity index (χ4n) is 1.92. The Morgan fingerprint density at radius 1 is 1.39 bits per heavy atom. The summed E-state index contributed by atoms with van der Waals surface area (Å²) in [6.07, 6.45) is 0. The molecule has 0 spiro atoms. The van der Waals surface area contributed by atoms with Crippen LogP contribution in [-0.4, -0.2) is 30.2 Å². The largest absolute Gasteiger partial charge is 0.384 e. The van der Waals surface area contributed by atoms with Crippen molar-refractivity contribution in [3.05, 3.63) is 35.1 Å². The van der Waals surface area contributed by atoms with Crippen molar-refractivity contribution in [2.75, 3.05) is 20.2 Å². The Labute approximate surface area is 108 Å². The second-order valence-corrected chi connectivity index (χ2v) is 4.85. The number of hydrogen-bond donors (Lipinski definition) is 1. The van der Waals surface area contributed by atoms with Gasteiger partial charge in [-0.05, 0) is 30.7 Å². The van der Waals surface area contributed by atoms with Gasteiger partial charge in [0.1, 0.15) is 12.4 Å². The quantitative estimate of drug-likeness (QED) is 0.827. The zero-order chi connectivity index (χ0) is 13.5. The minimum atomic E-state index is -0.299. The Balaban J connectivity index is 2.87. The molecule has 1 aromatic carbocycles. The topological polar surface area (TPSA) is 23.5 Å². The molecule has 0 unspecified atom stereocenters. The van der Waals surface area contributed by atoms with Gasteiger partial charge in [0, 0.05) is 18.7 Å². The first kappa shape index (κ1) is 14.7. The molecular formula is C15H20FNO. The Morgan fingerprint density at radius 3 is 2.72 bits per heavy atom. The van der Waals surface area contributed by atoms with E-state index in [0.29, 0.717) is 11.5 Å². The summed E-state index contributed by atoms with van der Waals surface area (Å²) in [5, 5.41) is 8.71. The van der Waals surface area contributed by atoms with E-state index < -0.39 is 0 Å². The minimum absolute atomic E-state index is 0.211. The van der Waals surface area contributed by atoms with Gasteiger partial charge in [-0.1, -0.05) is 31.8 Å². The normalized spacial score (nSPS) is 10.6. The summed E-state index contributed by atoms with van der Waals surface area (Å²) in [5.74, 6) is 5.65. The van der Waals surface area contributed by atoms with Crippen LogP contribution in [-0.2, 0) is 6.54 Å². The van der Waals surface area contributed by atoms with Crippen molar-refractivity contribution in [2.24, 2.45) is 5.92 Å². The number of aliphatic hydroxyl groups excluding tert-OH is 1. The maximum atomic E-state index is 13.2. The molecule has 0 atom stereocenters. The summed E-state index contributed by atoms with van der Waals surface area (Å²) < 4.78 is 13.2. The summed E-state index contributed by atoms with van der Waals surface area (Å²) in [7, 11) is 2.03. The highest BCUT2D eigenvalue weighted by Gasteiger charge is 2.07. The highest BCUT2D eigenvalue weighted by molar-refractivity contribution is 5.41. The van der Waals surface area contributed by atoms with Gasteiger partial charge in [-0.25, -0.2) is 4.39 Å². The number of rotatable bonds is 4. The third kappa shape index (κ3) is 4.87. The third-order valence-electron chi connectivity index (χ3n) is 2.49. The van der Waals surface area contributed by atoms with Crippen LogP contribution in [0, 0.1) is 23.6 Å². The maximum Gasteiger partial charge on any atom is 0.124 e. The predicted octanol–water partition coefficient (Wildman–Crippen LogP) is 2.26. The van der Waals surface area contributed by atoms with Gasteiger partial charge < -0.3 is 10.0 Å². The number of halogens is 1. The van der Waals surface area contributed by atoms with E-state index in [4.69, 9.17) is 5.11 Å². The van der Waals surface area contributed by atoms with E-state index >= 15 is 0 Å². The average Bonchev–Trinajstić information content (AvgIpc) is 2.28. The lowest BCUT2D eigenvalue weighted by Gasteiger charge is -2.19. The molecule has 2 nitrogen and oxygen atoms in total. The smallest absolute Gasteiger partial charge is 0.124 e. The molecule has 1 aromatic rings. The van der Waals surface area contributed by atoms with E-state index in [-0.39, 0.29) is 12.4 Å². The number of benzene rings is 1. The van der Waals surface area contributed by atoms with Crippen molar-refractivity contribution in [3.8, 4) is 11.8 Å². The molecule has 98 valence electrons. The van der Waals surface area contributed by atoms with Crippen LogP contribution in [0.1, 0.15) is 25.0 Å². The Bertz CT molecular complexity index is 446. The van der Waals surface area contributed by atoms with Gasteiger partial charge in [-0.2, -0.15) is 0 Å². The molecule has 1 N–H and O–H groups in total.